The van der Waals surface area contributed by atoms with Crippen LogP contribution < -0.4 is 15.8 Å². The molecule has 0 unspecified atom stereocenters. The van der Waals surface area contributed by atoms with Gasteiger partial charge < -0.3 is 20.5 Å². The molecule has 0 spiro atoms. The Morgan fingerprint density at radius 2 is 2.06 bits per heavy atom. The van der Waals surface area contributed by atoms with E-state index in [1.54, 1.807) is 6.07 Å². The van der Waals surface area contributed by atoms with E-state index in [-0.39, 0.29) is 0 Å². The summed E-state index contributed by atoms with van der Waals surface area (Å²) in [5, 5.41) is 2.89. The molecule has 1 aromatic rings. The maximum atomic E-state index is 5.84. The molecule has 0 amide bonds. The van der Waals surface area contributed by atoms with Crippen LogP contribution in [-0.2, 0) is 4.74 Å². The molecule has 0 heterocycles. The SMILES string of the molecule is [NH3+]CC[NH2+]CCOCCOc1cccc(Cl)c1. The summed E-state index contributed by atoms with van der Waals surface area (Å²) in [4.78, 5) is 0. The number of halogens is 1. The van der Waals surface area contributed by atoms with Crippen LogP contribution in [0.1, 0.15) is 0 Å². The van der Waals surface area contributed by atoms with E-state index < -0.39 is 0 Å². The molecule has 4 nitrogen and oxygen atoms in total. The average molecular weight is 261 g/mol. The van der Waals surface area contributed by atoms with Crippen molar-refractivity contribution in [3.05, 3.63) is 29.3 Å². The van der Waals surface area contributed by atoms with Gasteiger partial charge in [-0.2, -0.15) is 0 Å². The standard InChI is InChI=1S/C12H19ClN2O2/c13-11-2-1-3-12(10-11)17-9-8-16-7-6-15-5-4-14/h1-3,10,15H,4-9,14H2/p+2. The number of nitrogens with two attached hydrogens (primary N) is 1. The lowest BCUT2D eigenvalue weighted by atomic mass is 10.3. The van der Waals surface area contributed by atoms with Crippen molar-refractivity contribution in [3.8, 4) is 5.75 Å². The van der Waals surface area contributed by atoms with Crippen LogP contribution >= 0.6 is 11.6 Å². The van der Waals surface area contributed by atoms with Crippen LogP contribution in [0, 0.1) is 0 Å². The normalized spacial score (nSPS) is 10.5. The van der Waals surface area contributed by atoms with Gasteiger partial charge in [-0.15, -0.1) is 0 Å². The van der Waals surface area contributed by atoms with Gasteiger partial charge >= 0.3 is 0 Å². The Labute approximate surface area is 107 Å². The molecule has 0 saturated carbocycles. The highest BCUT2D eigenvalue weighted by Gasteiger charge is 1.95. The Morgan fingerprint density at radius 1 is 1.18 bits per heavy atom. The third kappa shape index (κ3) is 7.18. The van der Waals surface area contributed by atoms with E-state index in [4.69, 9.17) is 21.1 Å². The second-order valence-corrected chi connectivity index (χ2v) is 4.07. The zero-order chi connectivity index (χ0) is 12.3. The van der Waals surface area contributed by atoms with Gasteiger partial charge in [-0.1, -0.05) is 17.7 Å². The molecule has 0 fully saturated rings. The van der Waals surface area contributed by atoms with Gasteiger partial charge in [-0.3, -0.25) is 0 Å². The fourth-order valence-corrected chi connectivity index (χ4v) is 1.51. The van der Waals surface area contributed by atoms with E-state index in [1.807, 2.05) is 18.2 Å². The molecule has 0 aliphatic carbocycles. The van der Waals surface area contributed by atoms with Crippen molar-refractivity contribution in [1.82, 2.24) is 0 Å². The Kier molecular flexibility index (Phi) is 7.75. The Hall–Kier alpha value is -0.810. The molecule has 96 valence electrons. The van der Waals surface area contributed by atoms with E-state index in [9.17, 15) is 0 Å². The lowest BCUT2D eigenvalue weighted by Crippen LogP contribution is -2.88. The molecule has 1 aromatic carbocycles. The van der Waals surface area contributed by atoms with Crippen LogP contribution in [-0.4, -0.2) is 39.5 Å². The first kappa shape index (κ1) is 14.3. The minimum absolute atomic E-state index is 0.551. The van der Waals surface area contributed by atoms with Crippen molar-refractivity contribution < 1.29 is 20.5 Å². The summed E-state index contributed by atoms with van der Waals surface area (Å²) in [6, 6.07) is 7.37. The van der Waals surface area contributed by atoms with E-state index in [0.717, 1.165) is 32.0 Å². The summed E-state index contributed by atoms with van der Waals surface area (Å²) < 4.78 is 10.9. The predicted octanol–water partition coefficient (Wildman–Crippen LogP) is -0.459. The molecule has 0 aliphatic rings. The van der Waals surface area contributed by atoms with Gasteiger partial charge in [-0.05, 0) is 18.2 Å². The third-order valence-electron chi connectivity index (χ3n) is 2.17. The maximum absolute atomic E-state index is 5.84. The molecule has 0 aromatic heterocycles. The van der Waals surface area contributed by atoms with E-state index in [2.05, 4.69) is 11.1 Å². The van der Waals surface area contributed by atoms with Gasteiger partial charge in [0.25, 0.3) is 0 Å². The van der Waals surface area contributed by atoms with E-state index in [1.165, 1.54) is 0 Å². The molecule has 17 heavy (non-hydrogen) atoms. The number of rotatable bonds is 9. The summed E-state index contributed by atoms with van der Waals surface area (Å²) in [6.07, 6.45) is 0. The van der Waals surface area contributed by atoms with Crippen molar-refractivity contribution in [2.45, 2.75) is 0 Å². The van der Waals surface area contributed by atoms with Gasteiger partial charge in [-0.25, -0.2) is 0 Å². The van der Waals surface area contributed by atoms with Gasteiger partial charge in [0.2, 0.25) is 0 Å². The van der Waals surface area contributed by atoms with E-state index in [0.29, 0.717) is 18.2 Å². The second kappa shape index (κ2) is 9.24. The van der Waals surface area contributed by atoms with Crippen LogP contribution in [0.15, 0.2) is 24.3 Å². The molecule has 5 N–H and O–H groups in total. The number of benzene rings is 1. The highest BCUT2D eigenvalue weighted by molar-refractivity contribution is 6.30. The zero-order valence-electron chi connectivity index (χ0n) is 10.0. The highest BCUT2D eigenvalue weighted by atomic mass is 35.5. The lowest BCUT2D eigenvalue weighted by molar-refractivity contribution is -0.671. The first-order valence-corrected chi connectivity index (χ1v) is 6.27. The second-order valence-electron chi connectivity index (χ2n) is 3.64. The molecule has 5 heteroatoms. The summed E-state index contributed by atoms with van der Waals surface area (Å²) in [5.41, 5.74) is 3.77. The van der Waals surface area contributed by atoms with Gasteiger partial charge in [0.1, 0.15) is 25.4 Å². The monoisotopic (exact) mass is 260 g/mol. The largest absolute Gasteiger partial charge is 0.491 e. The van der Waals surface area contributed by atoms with Crippen LogP contribution in [0.4, 0.5) is 0 Å². The van der Waals surface area contributed by atoms with Crippen LogP contribution in [0.2, 0.25) is 5.02 Å². The minimum atomic E-state index is 0.551. The Balaban J connectivity index is 1.97. The van der Waals surface area contributed by atoms with E-state index >= 15 is 0 Å². The van der Waals surface area contributed by atoms with Crippen molar-refractivity contribution >= 4 is 11.6 Å². The maximum Gasteiger partial charge on any atom is 0.125 e. The van der Waals surface area contributed by atoms with Gasteiger partial charge in [0.15, 0.2) is 0 Å². The number of hydrogen-bond acceptors (Lipinski definition) is 2. The smallest absolute Gasteiger partial charge is 0.125 e. The Morgan fingerprint density at radius 3 is 2.82 bits per heavy atom. The van der Waals surface area contributed by atoms with Crippen molar-refractivity contribution in [2.24, 2.45) is 0 Å². The summed E-state index contributed by atoms with van der Waals surface area (Å²) >= 11 is 5.84. The first-order valence-electron chi connectivity index (χ1n) is 5.90. The van der Waals surface area contributed by atoms with Crippen LogP contribution in [0.5, 0.6) is 5.75 Å². The molecule has 0 radical (unpaired) electrons. The fraction of sp³-hybridized carbons (Fsp3) is 0.500. The van der Waals surface area contributed by atoms with Crippen LogP contribution in [0.25, 0.3) is 0 Å². The molecule has 0 saturated heterocycles. The van der Waals surface area contributed by atoms with Gasteiger partial charge in [0.05, 0.1) is 19.8 Å². The molecule has 0 bridgehead atoms. The number of quaternary nitrogens is 2. The van der Waals surface area contributed by atoms with Crippen molar-refractivity contribution in [3.63, 3.8) is 0 Å². The zero-order valence-corrected chi connectivity index (χ0v) is 10.8. The predicted molar refractivity (Wildman–Crippen MR) is 67.2 cm³/mol. The quantitative estimate of drug-likeness (QED) is 0.591. The fourth-order valence-electron chi connectivity index (χ4n) is 1.33. The highest BCUT2D eigenvalue weighted by Crippen LogP contribution is 2.16. The van der Waals surface area contributed by atoms with Crippen molar-refractivity contribution in [1.29, 1.82) is 0 Å². The summed E-state index contributed by atoms with van der Waals surface area (Å²) in [7, 11) is 0. The summed E-state index contributed by atoms with van der Waals surface area (Å²) in [6.45, 7) is 4.90. The third-order valence-corrected chi connectivity index (χ3v) is 2.40. The molecule has 0 aliphatic heterocycles. The topological polar surface area (TPSA) is 62.7 Å². The lowest BCUT2D eigenvalue weighted by Gasteiger charge is -2.06. The number of ether oxygens (including phenoxy) is 2. The minimum Gasteiger partial charge on any atom is -0.491 e. The number of hydrogen-bond donors (Lipinski definition) is 2. The van der Waals surface area contributed by atoms with Crippen molar-refractivity contribution in [2.75, 3.05) is 39.5 Å². The molecule has 1 rings (SSSR count). The summed E-state index contributed by atoms with van der Waals surface area (Å²) in [5.74, 6) is 0.782. The molecule has 0 atom stereocenters. The molecular weight excluding hydrogens is 240 g/mol. The Bertz CT molecular complexity index is 310. The average Bonchev–Trinajstić information content (AvgIpc) is 2.33. The first-order chi connectivity index (χ1) is 8.33. The van der Waals surface area contributed by atoms with Crippen LogP contribution in [0.3, 0.4) is 0 Å². The van der Waals surface area contributed by atoms with Gasteiger partial charge in [0, 0.05) is 5.02 Å². The molecular formula is C12H21ClN2O2+2.